The van der Waals surface area contributed by atoms with Crippen LogP contribution in [-0.2, 0) is 9.53 Å². The zero-order chi connectivity index (χ0) is 17.4. The molecule has 0 spiro atoms. The molecule has 0 radical (unpaired) electrons. The van der Waals surface area contributed by atoms with Crippen LogP contribution in [0.2, 0.25) is 0 Å². The molecule has 1 rings (SSSR count). The fourth-order valence-corrected chi connectivity index (χ4v) is 2.60. The summed E-state index contributed by atoms with van der Waals surface area (Å²) in [6, 6.07) is 5.49. The third-order valence-electron chi connectivity index (χ3n) is 3.55. The molecule has 0 aliphatic carbocycles. The van der Waals surface area contributed by atoms with E-state index in [0.29, 0.717) is 31.7 Å². The maximum atomic E-state index is 12.8. The minimum atomic E-state index is -0.907. The van der Waals surface area contributed by atoms with Gasteiger partial charge in [0.15, 0.2) is 0 Å². The van der Waals surface area contributed by atoms with Gasteiger partial charge < -0.3 is 14.7 Å². The average molecular weight is 386 g/mol. The second-order valence-corrected chi connectivity index (χ2v) is 6.27. The van der Waals surface area contributed by atoms with Gasteiger partial charge in [-0.25, -0.2) is 0 Å². The smallest absolute Gasteiger partial charge is 0.308 e. The van der Waals surface area contributed by atoms with Crippen LogP contribution in [0.25, 0.3) is 0 Å². The van der Waals surface area contributed by atoms with Gasteiger partial charge >= 0.3 is 5.97 Å². The van der Waals surface area contributed by atoms with E-state index >= 15 is 0 Å². The summed E-state index contributed by atoms with van der Waals surface area (Å²) >= 11 is 3.45. The Morgan fingerprint density at radius 1 is 1.39 bits per heavy atom. The first-order chi connectivity index (χ1) is 10.9. The Kier molecular flexibility index (Phi) is 8.26. The van der Waals surface area contributed by atoms with Crippen LogP contribution in [0, 0.1) is 12.8 Å². The molecule has 1 aromatic rings. The zero-order valence-corrected chi connectivity index (χ0v) is 15.4. The third-order valence-corrected chi connectivity index (χ3v) is 4.60. The maximum Gasteiger partial charge on any atom is 0.308 e. The molecule has 0 bridgehead atoms. The van der Waals surface area contributed by atoms with Crippen molar-refractivity contribution in [1.82, 2.24) is 4.90 Å². The summed E-state index contributed by atoms with van der Waals surface area (Å²) in [4.78, 5) is 25.5. The van der Waals surface area contributed by atoms with Gasteiger partial charge in [0, 0.05) is 30.8 Å². The van der Waals surface area contributed by atoms with Crippen LogP contribution in [-0.4, -0.2) is 48.2 Å². The molecule has 0 saturated heterocycles. The van der Waals surface area contributed by atoms with Crippen molar-refractivity contribution in [3.05, 3.63) is 33.8 Å². The highest BCUT2D eigenvalue weighted by Crippen LogP contribution is 2.23. The number of carbonyl (C=O) groups is 2. The van der Waals surface area contributed by atoms with Gasteiger partial charge in [0.2, 0.25) is 0 Å². The number of ether oxygens (including phenoxy) is 1. The highest BCUT2D eigenvalue weighted by molar-refractivity contribution is 9.10. The number of carbonyl (C=O) groups excluding carboxylic acids is 1. The summed E-state index contributed by atoms with van der Waals surface area (Å²) in [6.45, 7) is 7.27. The first-order valence-electron chi connectivity index (χ1n) is 7.73. The van der Waals surface area contributed by atoms with Crippen LogP contribution < -0.4 is 0 Å². The van der Waals surface area contributed by atoms with Crippen LogP contribution in [0.15, 0.2) is 22.7 Å². The highest BCUT2D eigenvalue weighted by atomic mass is 79.9. The number of rotatable bonds is 9. The third kappa shape index (κ3) is 5.95. The second kappa shape index (κ2) is 9.67. The van der Waals surface area contributed by atoms with Crippen molar-refractivity contribution in [3.8, 4) is 0 Å². The van der Waals surface area contributed by atoms with Crippen LogP contribution in [0.1, 0.15) is 36.2 Å². The van der Waals surface area contributed by atoms with E-state index in [1.54, 1.807) is 17.9 Å². The van der Waals surface area contributed by atoms with Gasteiger partial charge in [-0.1, -0.05) is 19.1 Å². The summed E-state index contributed by atoms with van der Waals surface area (Å²) in [6.07, 6.45) is 0.676. The van der Waals surface area contributed by atoms with Crippen molar-refractivity contribution in [1.29, 1.82) is 0 Å². The first kappa shape index (κ1) is 19.6. The van der Waals surface area contributed by atoms with Gasteiger partial charge in [0.05, 0.1) is 11.5 Å². The lowest BCUT2D eigenvalue weighted by atomic mass is 10.1. The number of carboxylic acids is 1. The predicted molar refractivity (Wildman–Crippen MR) is 92.7 cm³/mol. The van der Waals surface area contributed by atoms with Crippen molar-refractivity contribution >= 4 is 27.8 Å². The molecule has 0 fully saturated rings. The van der Waals surface area contributed by atoms with E-state index in [1.165, 1.54) is 0 Å². The first-order valence-corrected chi connectivity index (χ1v) is 8.52. The van der Waals surface area contributed by atoms with Gasteiger partial charge in [0.25, 0.3) is 5.91 Å². The summed E-state index contributed by atoms with van der Waals surface area (Å²) in [5.74, 6) is -1.68. The molecule has 1 unspecified atom stereocenters. The van der Waals surface area contributed by atoms with E-state index in [1.807, 2.05) is 26.0 Å². The predicted octanol–water partition coefficient (Wildman–Crippen LogP) is 3.35. The fraction of sp³-hybridized carbons (Fsp3) is 0.529. The minimum Gasteiger partial charge on any atom is -0.481 e. The summed E-state index contributed by atoms with van der Waals surface area (Å²) in [5.41, 5.74) is 1.52. The van der Waals surface area contributed by atoms with Crippen LogP contribution in [0.5, 0.6) is 0 Å². The molecule has 0 saturated carbocycles. The Morgan fingerprint density at radius 2 is 2.09 bits per heavy atom. The Morgan fingerprint density at radius 3 is 2.70 bits per heavy atom. The van der Waals surface area contributed by atoms with E-state index < -0.39 is 11.9 Å². The minimum absolute atomic E-state index is 0.162. The zero-order valence-electron chi connectivity index (χ0n) is 13.8. The number of amides is 1. The molecule has 1 N–H and O–H groups in total. The Bertz CT molecular complexity index is 547. The van der Waals surface area contributed by atoms with Gasteiger partial charge in [0.1, 0.15) is 0 Å². The molecule has 5 nitrogen and oxygen atoms in total. The standard InChI is InChI=1S/C17H24BrNO4/c1-4-23-10-6-9-19(11-13(3)17(21)22)16(20)14-8-5-7-12(2)15(14)18/h5,7-8,13H,4,6,9-11H2,1-3H3,(H,21,22). The molecule has 0 heterocycles. The summed E-state index contributed by atoms with van der Waals surface area (Å²) in [5, 5.41) is 9.12. The Labute approximate surface area is 145 Å². The van der Waals surface area contributed by atoms with Crippen molar-refractivity contribution in [2.45, 2.75) is 27.2 Å². The molecule has 128 valence electrons. The largest absolute Gasteiger partial charge is 0.481 e. The molecule has 6 heteroatoms. The monoisotopic (exact) mass is 385 g/mol. The Hall–Kier alpha value is -1.40. The average Bonchev–Trinajstić information content (AvgIpc) is 2.52. The molecule has 1 amide bonds. The van der Waals surface area contributed by atoms with Crippen molar-refractivity contribution in [3.63, 3.8) is 0 Å². The number of hydrogen-bond acceptors (Lipinski definition) is 3. The number of hydrogen-bond donors (Lipinski definition) is 1. The molecule has 23 heavy (non-hydrogen) atoms. The van der Waals surface area contributed by atoms with Gasteiger partial charge in [-0.05, 0) is 47.8 Å². The molecule has 1 atom stereocenters. The number of carboxylic acid groups (broad SMARTS) is 1. The summed E-state index contributed by atoms with van der Waals surface area (Å²) in [7, 11) is 0. The normalized spacial score (nSPS) is 12.0. The van der Waals surface area contributed by atoms with E-state index in [4.69, 9.17) is 9.84 Å². The van der Waals surface area contributed by atoms with Crippen LogP contribution >= 0.6 is 15.9 Å². The Balaban J connectivity index is 2.90. The number of aliphatic carboxylic acids is 1. The number of nitrogens with zero attached hydrogens (tertiary/aromatic N) is 1. The van der Waals surface area contributed by atoms with Gasteiger partial charge in [-0.2, -0.15) is 0 Å². The topological polar surface area (TPSA) is 66.8 Å². The van der Waals surface area contributed by atoms with E-state index in [-0.39, 0.29) is 12.5 Å². The van der Waals surface area contributed by atoms with Crippen molar-refractivity contribution in [2.24, 2.45) is 5.92 Å². The van der Waals surface area contributed by atoms with E-state index in [0.717, 1.165) is 10.0 Å². The van der Waals surface area contributed by atoms with Crippen LogP contribution in [0.4, 0.5) is 0 Å². The molecule has 0 aliphatic heterocycles. The fourth-order valence-electron chi connectivity index (χ4n) is 2.17. The SMILES string of the molecule is CCOCCCN(CC(C)C(=O)O)C(=O)c1cccc(C)c1Br. The van der Waals surface area contributed by atoms with E-state index in [2.05, 4.69) is 15.9 Å². The quantitative estimate of drug-likeness (QED) is 0.661. The van der Waals surface area contributed by atoms with E-state index in [9.17, 15) is 9.59 Å². The van der Waals surface area contributed by atoms with Crippen molar-refractivity contribution in [2.75, 3.05) is 26.3 Å². The van der Waals surface area contributed by atoms with Gasteiger partial charge in [-0.15, -0.1) is 0 Å². The van der Waals surface area contributed by atoms with Gasteiger partial charge in [-0.3, -0.25) is 9.59 Å². The molecule has 1 aromatic carbocycles. The molecule has 0 aromatic heterocycles. The van der Waals surface area contributed by atoms with Crippen LogP contribution in [0.3, 0.4) is 0 Å². The lowest BCUT2D eigenvalue weighted by Crippen LogP contribution is -2.38. The molecule has 0 aliphatic rings. The second-order valence-electron chi connectivity index (χ2n) is 5.48. The highest BCUT2D eigenvalue weighted by Gasteiger charge is 2.23. The van der Waals surface area contributed by atoms with Crippen molar-refractivity contribution < 1.29 is 19.4 Å². The lowest BCUT2D eigenvalue weighted by molar-refractivity contribution is -0.141. The number of benzene rings is 1. The lowest BCUT2D eigenvalue weighted by Gasteiger charge is -2.25. The number of aryl methyl sites for hydroxylation is 1. The summed E-state index contributed by atoms with van der Waals surface area (Å²) < 4.78 is 6.05. The molecular formula is C17H24BrNO4. The number of halogens is 1. The maximum absolute atomic E-state index is 12.8. The molecular weight excluding hydrogens is 362 g/mol.